The fraction of sp³-hybridized carbons (Fsp3) is 0.562. The van der Waals surface area contributed by atoms with Crippen LogP contribution in [0.4, 0.5) is 13.2 Å². The Hall–Kier alpha value is -1.25. The zero-order valence-electron chi connectivity index (χ0n) is 13.0. The molecule has 2 aliphatic rings. The SMILES string of the molecule is O=C(NCC1CN2CCCC2CO1)c1ccc(SC(F)(F)F)cc1. The quantitative estimate of drug-likeness (QED) is 0.839. The van der Waals surface area contributed by atoms with Crippen molar-refractivity contribution in [2.45, 2.75) is 35.4 Å². The standard InChI is InChI=1S/C16H19F3N2O2S/c17-16(18,19)24-14-5-3-11(4-6-14)15(22)20-8-13-9-21-7-1-2-12(21)10-23-13/h3-6,12-13H,1-2,7-10H2,(H,20,22). The average Bonchev–Trinajstić information content (AvgIpc) is 2.99. The lowest BCUT2D eigenvalue weighted by atomic mass is 10.1. The van der Waals surface area contributed by atoms with Crippen molar-refractivity contribution in [3.63, 3.8) is 0 Å². The molecule has 0 aromatic heterocycles. The van der Waals surface area contributed by atoms with Gasteiger partial charge >= 0.3 is 5.51 Å². The van der Waals surface area contributed by atoms with E-state index in [2.05, 4.69) is 10.2 Å². The van der Waals surface area contributed by atoms with Crippen LogP contribution in [0.2, 0.25) is 0 Å². The zero-order chi connectivity index (χ0) is 17.2. The number of amides is 1. The topological polar surface area (TPSA) is 41.6 Å². The Balaban J connectivity index is 1.48. The number of alkyl halides is 3. The van der Waals surface area contributed by atoms with Gasteiger partial charge in [-0.25, -0.2) is 0 Å². The molecule has 2 aliphatic heterocycles. The molecule has 1 aromatic rings. The Morgan fingerprint density at radius 2 is 2.08 bits per heavy atom. The highest BCUT2D eigenvalue weighted by Gasteiger charge is 2.32. The van der Waals surface area contributed by atoms with Gasteiger partial charge in [-0.05, 0) is 55.4 Å². The third-order valence-electron chi connectivity index (χ3n) is 4.30. The molecule has 0 radical (unpaired) electrons. The van der Waals surface area contributed by atoms with Crippen LogP contribution in [0.3, 0.4) is 0 Å². The van der Waals surface area contributed by atoms with Crippen LogP contribution in [0.5, 0.6) is 0 Å². The number of fused-ring (bicyclic) bond motifs is 1. The molecule has 2 unspecified atom stereocenters. The van der Waals surface area contributed by atoms with E-state index in [4.69, 9.17) is 4.74 Å². The van der Waals surface area contributed by atoms with Gasteiger partial charge in [0.15, 0.2) is 0 Å². The molecular weight excluding hydrogens is 341 g/mol. The number of ether oxygens (including phenoxy) is 1. The predicted molar refractivity (Wildman–Crippen MR) is 85.0 cm³/mol. The van der Waals surface area contributed by atoms with Crippen LogP contribution in [-0.4, -0.2) is 54.7 Å². The van der Waals surface area contributed by atoms with Gasteiger partial charge in [0.2, 0.25) is 0 Å². The van der Waals surface area contributed by atoms with Crippen molar-refractivity contribution in [3.8, 4) is 0 Å². The lowest BCUT2D eigenvalue weighted by molar-refractivity contribution is -0.0461. The van der Waals surface area contributed by atoms with Crippen molar-refractivity contribution in [2.75, 3.05) is 26.2 Å². The van der Waals surface area contributed by atoms with Gasteiger partial charge in [-0.2, -0.15) is 13.2 Å². The van der Waals surface area contributed by atoms with Crippen molar-refractivity contribution < 1.29 is 22.7 Å². The Kier molecular flexibility index (Phi) is 5.36. The number of benzene rings is 1. The van der Waals surface area contributed by atoms with Crippen molar-refractivity contribution in [2.24, 2.45) is 0 Å². The summed E-state index contributed by atoms with van der Waals surface area (Å²) in [5.41, 5.74) is -3.98. The summed E-state index contributed by atoms with van der Waals surface area (Å²) in [5, 5.41) is 2.80. The van der Waals surface area contributed by atoms with Crippen LogP contribution < -0.4 is 5.32 Å². The molecule has 1 aromatic carbocycles. The Morgan fingerprint density at radius 3 is 2.79 bits per heavy atom. The molecule has 2 atom stereocenters. The molecule has 132 valence electrons. The second-order valence-electron chi connectivity index (χ2n) is 6.03. The second kappa shape index (κ2) is 7.33. The zero-order valence-corrected chi connectivity index (χ0v) is 13.8. The van der Waals surface area contributed by atoms with Gasteiger partial charge in [0, 0.05) is 29.6 Å². The fourth-order valence-corrected chi connectivity index (χ4v) is 3.67. The van der Waals surface area contributed by atoms with E-state index in [1.807, 2.05) is 0 Å². The number of hydrogen-bond acceptors (Lipinski definition) is 4. The van der Waals surface area contributed by atoms with Gasteiger partial charge in [0.1, 0.15) is 0 Å². The summed E-state index contributed by atoms with van der Waals surface area (Å²) in [6.45, 7) is 2.99. The number of hydrogen-bond donors (Lipinski definition) is 1. The van der Waals surface area contributed by atoms with E-state index in [1.165, 1.54) is 37.1 Å². The smallest absolute Gasteiger partial charge is 0.373 e. The summed E-state index contributed by atoms with van der Waals surface area (Å²) in [5.74, 6) is -0.300. The first-order valence-electron chi connectivity index (χ1n) is 7.90. The molecule has 2 fully saturated rings. The van der Waals surface area contributed by atoms with Gasteiger partial charge in [0.25, 0.3) is 5.91 Å². The van der Waals surface area contributed by atoms with Crippen LogP contribution in [-0.2, 0) is 4.74 Å². The summed E-state index contributed by atoms with van der Waals surface area (Å²) in [6.07, 6.45) is 2.32. The predicted octanol–water partition coefficient (Wildman–Crippen LogP) is 2.89. The fourth-order valence-electron chi connectivity index (χ4n) is 3.13. The lowest BCUT2D eigenvalue weighted by Crippen LogP contribution is -2.50. The Labute approximate surface area is 142 Å². The van der Waals surface area contributed by atoms with Crippen LogP contribution in [0.15, 0.2) is 29.2 Å². The van der Waals surface area contributed by atoms with E-state index in [-0.39, 0.29) is 28.7 Å². The molecule has 0 aliphatic carbocycles. The van der Waals surface area contributed by atoms with Crippen LogP contribution >= 0.6 is 11.8 Å². The third kappa shape index (κ3) is 4.64. The Bertz CT molecular complexity index is 580. The van der Waals surface area contributed by atoms with E-state index in [9.17, 15) is 18.0 Å². The number of rotatable bonds is 4. The van der Waals surface area contributed by atoms with E-state index < -0.39 is 5.51 Å². The van der Waals surface area contributed by atoms with E-state index >= 15 is 0 Å². The molecule has 0 saturated carbocycles. The van der Waals surface area contributed by atoms with Crippen LogP contribution in [0, 0.1) is 0 Å². The highest BCUT2D eigenvalue weighted by Crippen LogP contribution is 2.36. The highest BCUT2D eigenvalue weighted by atomic mass is 32.2. The number of morpholine rings is 1. The van der Waals surface area contributed by atoms with Crippen molar-refractivity contribution in [1.82, 2.24) is 10.2 Å². The summed E-state index contributed by atoms with van der Waals surface area (Å²) in [7, 11) is 0. The van der Waals surface area contributed by atoms with E-state index in [0.717, 1.165) is 13.1 Å². The number of carbonyl (C=O) groups excluding carboxylic acids is 1. The largest absolute Gasteiger partial charge is 0.446 e. The summed E-state index contributed by atoms with van der Waals surface area (Å²) >= 11 is -0.191. The monoisotopic (exact) mass is 360 g/mol. The normalized spacial score (nSPS) is 24.6. The maximum absolute atomic E-state index is 12.3. The molecule has 0 bridgehead atoms. The van der Waals surface area contributed by atoms with Gasteiger partial charge in [-0.1, -0.05) is 0 Å². The third-order valence-corrected chi connectivity index (χ3v) is 5.04. The molecular formula is C16H19F3N2O2S. The lowest BCUT2D eigenvalue weighted by Gasteiger charge is -2.35. The number of nitrogens with zero attached hydrogens (tertiary/aromatic N) is 1. The minimum atomic E-state index is -4.32. The molecule has 4 nitrogen and oxygen atoms in total. The van der Waals surface area contributed by atoms with Gasteiger partial charge in [0.05, 0.1) is 12.7 Å². The molecule has 1 amide bonds. The van der Waals surface area contributed by atoms with Gasteiger partial charge in [-0.15, -0.1) is 0 Å². The maximum atomic E-state index is 12.3. The number of halogens is 3. The molecule has 3 rings (SSSR count). The van der Waals surface area contributed by atoms with Gasteiger partial charge in [-0.3, -0.25) is 9.69 Å². The first kappa shape index (κ1) is 17.6. The summed E-state index contributed by atoms with van der Waals surface area (Å²) in [6, 6.07) is 5.93. The number of nitrogens with one attached hydrogen (secondary N) is 1. The number of thioether (sulfide) groups is 1. The first-order chi connectivity index (χ1) is 11.4. The first-order valence-corrected chi connectivity index (χ1v) is 8.72. The summed E-state index contributed by atoms with van der Waals surface area (Å²) < 4.78 is 42.6. The molecule has 8 heteroatoms. The second-order valence-corrected chi connectivity index (χ2v) is 7.17. The van der Waals surface area contributed by atoms with Gasteiger partial charge < -0.3 is 10.1 Å². The molecule has 0 spiro atoms. The highest BCUT2D eigenvalue weighted by molar-refractivity contribution is 8.00. The molecule has 1 N–H and O–H groups in total. The minimum Gasteiger partial charge on any atom is -0.373 e. The van der Waals surface area contributed by atoms with Crippen molar-refractivity contribution >= 4 is 17.7 Å². The van der Waals surface area contributed by atoms with Crippen molar-refractivity contribution in [1.29, 1.82) is 0 Å². The maximum Gasteiger partial charge on any atom is 0.446 e. The van der Waals surface area contributed by atoms with E-state index in [0.29, 0.717) is 24.8 Å². The minimum absolute atomic E-state index is 0.0386. The molecule has 2 saturated heterocycles. The van der Waals surface area contributed by atoms with Crippen LogP contribution in [0.1, 0.15) is 23.2 Å². The number of carbonyl (C=O) groups is 1. The van der Waals surface area contributed by atoms with Crippen LogP contribution in [0.25, 0.3) is 0 Å². The molecule has 24 heavy (non-hydrogen) atoms. The summed E-state index contributed by atoms with van der Waals surface area (Å²) in [4.78, 5) is 14.6. The molecule has 2 heterocycles. The average molecular weight is 360 g/mol. The van der Waals surface area contributed by atoms with Crippen molar-refractivity contribution in [3.05, 3.63) is 29.8 Å². The van der Waals surface area contributed by atoms with E-state index in [1.54, 1.807) is 0 Å². The Morgan fingerprint density at radius 1 is 1.33 bits per heavy atom.